The summed E-state index contributed by atoms with van der Waals surface area (Å²) in [5.74, 6) is 0.474. The van der Waals surface area contributed by atoms with E-state index in [4.69, 9.17) is 11.6 Å². The molecule has 1 saturated carbocycles. The zero-order chi connectivity index (χ0) is 14.7. The molecule has 21 heavy (non-hydrogen) atoms. The Bertz CT molecular complexity index is 592. The van der Waals surface area contributed by atoms with Gasteiger partial charge in [-0.3, -0.25) is 0 Å². The van der Waals surface area contributed by atoms with Crippen molar-refractivity contribution in [3.8, 4) is 0 Å². The van der Waals surface area contributed by atoms with Crippen LogP contribution in [0.4, 0.5) is 0 Å². The molecule has 110 valence electrons. The second-order valence-electron chi connectivity index (χ2n) is 5.73. The van der Waals surface area contributed by atoms with E-state index < -0.39 is 0 Å². The minimum Gasteiger partial charge on any atom is -0.313 e. The van der Waals surface area contributed by atoms with Crippen LogP contribution in [0.15, 0.2) is 53.0 Å². The van der Waals surface area contributed by atoms with Crippen molar-refractivity contribution in [2.45, 2.75) is 31.2 Å². The molecule has 1 aliphatic carbocycles. The quantitative estimate of drug-likeness (QED) is 0.744. The molecular weight excluding hydrogens is 346 g/mol. The number of rotatable bonds is 6. The van der Waals surface area contributed by atoms with Crippen LogP contribution in [-0.4, -0.2) is 12.6 Å². The minimum atomic E-state index is 0.474. The molecule has 1 atom stereocenters. The molecule has 3 heteroatoms. The lowest BCUT2D eigenvalue weighted by molar-refractivity contribution is 0.575. The van der Waals surface area contributed by atoms with E-state index in [1.165, 1.54) is 28.4 Å². The van der Waals surface area contributed by atoms with Crippen LogP contribution in [0.25, 0.3) is 0 Å². The molecule has 3 rings (SSSR count). The van der Waals surface area contributed by atoms with Crippen LogP contribution in [0, 0.1) is 0 Å². The first kappa shape index (κ1) is 15.1. The lowest BCUT2D eigenvalue weighted by atomic mass is 9.92. The molecule has 2 aromatic carbocycles. The molecule has 0 bridgehead atoms. The van der Waals surface area contributed by atoms with Gasteiger partial charge >= 0.3 is 0 Å². The first-order valence-electron chi connectivity index (χ1n) is 7.44. The maximum absolute atomic E-state index is 5.98. The van der Waals surface area contributed by atoms with E-state index in [1.54, 1.807) is 0 Å². The molecule has 2 aromatic rings. The van der Waals surface area contributed by atoms with E-state index in [1.807, 2.05) is 12.1 Å². The molecular formula is C18H19BrClN. The summed E-state index contributed by atoms with van der Waals surface area (Å²) < 4.78 is 1.20. The lowest BCUT2D eigenvalue weighted by Gasteiger charge is -2.20. The second kappa shape index (κ2) is 6.95. The van der Waals surface area contributed by atoms with Gasteiger partial charge < -0.3 is 5.32 Å². The Morgan fingerprint density at radius 2 is 1.81 bits per heavy atom. The highest BCUT2D eigenvalue weighted by Crippen LogP contribution is 2.29. The Morgan fingerprint density at radius 1 is 1.10 bits per heavy atom. The third-order valence-corrected chi connectivity index (χ3v) is 4.94. The first-order chi connectivity index (χ1) is 10.2. The van der Waals surface area contributed by atoms with Crippen molar-refractivity contribution in [2.24, 2.45) is 0 Å². The zero-order valence-electron chi connectivity index (χ0n) is 11.9. The number of benzene rings is 2. The standard InChI is InChI=1S/C18H19BrClN/c19-18-4-2-1-3-17(18)14(12-21-16-9-10-16)11-13-5-7-15(20)8-6-13/h1-8,14,16,21H,9-12H2. The zero-order valence-corrected chi connectivity index (χ0v) is 14.2. The van der Waals surface area contributed by atoms with Crippen molar-refractivity contribution in [1.82, 2.24) is 5.32 Å². The molecule has 0 saturated heterocycles. The van der Waals surface area contributed by atoms with E-state index in [0.717, 1.165) is 24.0 Å². The number of hydrogen-bond donors (Lipinski definition) is 1. The predicted molar refractivity (Wildman–Crippen MR) is 93.1 cm³/mol. The lowest BCUT2D eigenvalue weighted by Crippen LogP contribution is -2.25. The third-order valence-electron chi connectivity index (χ3n) is 3.97. The van der Waals surface area contributed by atoms with Crippen molar-refractivity contribution in [3.05, 3.63) is 69.2 Å². The topological polar surface area (TPSA) is 12.0 Å². The summed E-state index contributed by atoms with van der Waals surface area (Å²) in [6.07, 6.45) is 3.67. The van der Waals surface area contributed by atoms with Gasteiger partial charge in [0.25, 0.3) is 0 Å². The minimum absolute atomic E-state index is 0.474. The van der Waals surface area contributed by atoms with Crippen molar-refractivity contribution in [2.75, 3.05) is 6.54 Å². The van der Waals surface area contributed by atoms with E-state index in [9.17, 15) is 0 Å². The fraction of sp³-hybridized carbons (Fsp3) is 0.333. The number of hydrogen-bond acceptors (Lipinski definition) is 1. The molecule has 0 spiro atoms. The van der Waals surface area contributed by atoms with E-state index in [0.29, 0.717) is 5.92 Å². The van der Waals surface area contributed by atoms with Gasteiger partial charge in [-0.1, -0.05) is 57.9 Å². The third kappa shape index (κ3) is 4.32. The fourth-order valence-corrected chi connectivity index (χ4v) is 3.33. The first-order valence-corrected chi connectivity index (χ1v) is 8.62. The normalized spacial score (nSPS) is 15.9. The maximum atomic E-state index is 5.98. The molecule has 1 unspecified atom stereocenters. The number of nitrogens with one attached hydrogen (secondary N) is 1. The van der Waals surface area contributed by atoms with Crippen LogP contribution < -0.4 is 5.32 Å². The van der Waals surface area contributed by atoms with Gasteiger partial charge in [-0.15, -0.1) is 0 Å². The van der Waals surface area contributed by atoms with Gasteiger partial charge in [0.1, 0.15) is 0 Å². The molecule has 1 aliphatic rings. The highest BCUT2D eigenvalue weighted by Gasteiger charge is 2.23. The SMILES string of the molecule is Clc1ccc(CC(CNC2CC2)c2ccccc2Br)cc1. The molecule has 0 aromatic heterocycles. The van der Waals surface area contributed by atoms with Gasteiger partial charge in [-0.05, 0) is 48.6 Å². The van der Waals surface area contributed by atoms with Gasteiger partial charge in [-0.25, -0.2) is 0 Å². The average Bonchev–Trinajstić information content (AvgIpc) is 3.30. The summed E-state index contributed by atoms with van der Waals surface area (Å²) in [6.45, 7) is 1.02. The fourth-order valence-electron chi connectivity index (χ4n) is 2.60. The Balaban J connectivity index is 1.77. The largest absolute Gasteiger partial charge is 0.313 e. The van der Waals surface area contributed by atoms with Crippen LogP contribution in [0.2, 0.25) is 5.02 Å². The summed E-state index contributed by atoms with van der Waals surface area (Å²) in [7, 11) is 0. The van der Waals surface area contributed by atoms with Crippen molar-refractivity contribution >= 4 is 27.5 Å². The summed E-state index contributed by atoms with van der Waals surface area (Å²) in [4.78, 5) is 0. The van der Waals surface area contributed by atoms with Gasteiger partial charge in [0, 0.05) is 28.0 Å². The molecule has 1 N–H and O–H groups in total. The van der Waals surface area contributed by atoms with Crippen molar-refractivity contribution in [3.63, 3.8) is 0 Å². The Morgan fingerprint density at radius 3 is 2.48 bits per heavy atom. The van der Waals surface area contributed by atoms with Gasteiger partial charge in [0.05, 0.1) is 0 Å². The predicted octanol–water partition coefficient (Wildman–Crippen LogP) is 5.18. The Kier molecular flexibility index (Phi) is 4.99. The van der Waals surface area contributed by atoms with E-state index >= 15 is 0 Å². The second-order valence-corrected chi connectivity index (χ2v) is 7.02. The molecule has 0 aliphatic heterocycles. The summed E-state index contributed by atoms with van der Waals surface area (Å²) in [6, 6.07) is 17.5. The highest BCUT2D eigenvalue weighted by atomic mass is 79.9. The Hall–Kier alpha value is -0.830. The van der Waals surface area contributed by atoms with E-state index in [-0.39, 0.29) is 0 Å². The molecule has 1 fully saturated rings. The monoisotopic (exact) mass is 363 g/mol. The van der Waals surface area contributed by atoms with Crippen molar-refractivity contribution < 1.29 is 0 Å². The smallest absolute Gasteiger partial charge is 0.0406 e. The van der Waals surface area contributed by atoms with Gasteiger partial charge in [0.15, 0.2) is 0 Å². The van der Waals surface area contributed by atoms with E-state index in [2.05, 4.69) is 57.6 Å². The number of halogens is 2. The summed E-state index contributed by atoms with van der Waals surface area (Å²) in [5.41, 5.74) is 2.71. The highest BCUT2D eigenvalue weighted by molar-refractivity contribution is 9.10. The average molecular weight is 365 g/mol. The van der Waals surface area contributed by atoms with Crippen LogP contribution >= 0.6 is 27.5 Å². The molecule has 1 nitrogen and oxygen atoms in total. The maximum Gasteiger partial charge on any atom is 0.0406 e. The van der Waals surface area contributed by atoms with Crippen LogP contribution in [0.5, 0.6) is 0 Å². The molecule has 0 heterocycles. The molecule has 0 amide bonds. The summed E-state index contributed by atoms with van der Waals surface area (Å²) >= 11 is 9.68. The van der Waals surface area contributed by atoms with Crippen LogP contribution in [0.1, 0.15) is 29.9 Å². The molecule has 0 radical (unpaired) electrons. The van der Waals surface area contributed by atoms with Gasteiger partial charge in [0.2, 0.25) is 0 Å². The van der Waals surface area contributed by atoms with Crippen LogP contribution in [-0.2, 0) is 6.42 Å². The summed E-state index contributed by atoms with van der Waals surface area (Å²) in [5, 5.41) is 4.47. The van der Waals surface area contributed by atoms with Gasteiger partial charge in [-0.2, -0.15) is 0 Å². The Labute approximate surface area is 139 Å². The van der Waals surface area contributed by atoms with Crippen molar-refractivity contribution in [1.29, 1.82) is 0 Å². The van der Waals surface area contributed by atoms with Crippen LogP contribution in [0.3, 0.4) is 0 Å².